The number of nitrogens with one attached hydrogen (secondary N) is 1. The number of nitrogens with zero attached hydrogens (tertiary/aromatic N) is 1. The van der Waals surface area contributed by atoms with E-state index in [1.807, 2.05) is 6.92 Å². The number of hydrogen-bond acceptors (Lipinski definition) is 3. The lowest BCUT2D eigenvalue weighted by Crippen LogP contribution is -2.35. The first kappa shape index (κ1) is 13.0. The van der Waals surface area contributed by atoms with E-state index >= 15 is 0 Å². The normalized spacial score (nSPS) is 31.8. The highest BCUT2D eigenvalue weighted by Gasteiger charge is 2.42. The van der Waals surface area contributed by atoms with Crippen molar-refractivity contribution in [2.24, 2.45) is 5.92 Å². The van der Waals surface area contributed by atoms with Crippen molar-refractivity contribution in [1.29, 1.82) is 0 Å². The molecule has 4 atom stereocenters. The summed E-state index contributed by atoms with van der Waals surface area (Å²) in [7, 11) is 0. The van der Waals surface area contributed by atoms with E-state index in [-0.39, 0.29) is 12.0 Å². The third-order valence-corrected chi connectivity index (χ3v) is 3.50. The third-order valence-electron chi connectivity index (χ3n) is 3.50. The molecule has 0 saturated carbocycles. The van der Waals surface area contributed by atoms with Crippen molar-refractivity contribution in [1.82, 2.24) is 9.55 Å². The van der Waals surface area contributed by atoms with Gasteiger partial charge in [-0.2, -0.15) is 0 Å². The van der Waals surface area contributed by atoms with Gasteiger partial charge in [0.1, 0.15) is 0 Å². The minimum Gasteiger partial charge on any atom is -0.351 e. The van der Waals surface area contributed by atoms with E-state index in [1.165, 1.54) is 6.20 Å². The van der Waals surface area contributed by atoms with Gasteiger partial charge in [0, 0.05) is 17.7 Å². The lowest BCUT2D eigenvalue weighted by atomic mass is 10.00. The summed E-state index contributed by atoms with van der Waals surface area (Å²) in [6, 6.07) is 0. The topological polar surface area (TPSA) is 64.1 Å². The summed E-state index contributed by atoms with van der Waals surface area (Å²) in [5, 5.41) is 0. The molecule has 1 fully saturated rings. The van der Waals surface area contributed by atoms with Crippen molar-refractivity contribution in [2.45, 2.75) is 45.7 Å². The Morgan fingerprint density at radius 2 is 2.17 bits per heavy atom. The lowest BCUT2D eigenvalue weighted by molar-refractivity contribution is -0.0237. The molecule has 1 saturated heterocycles. The zero-order valence-electron chi connectivity index (χ0n) is 10.6. The number of aryl methyl sites for hydroxylation is 1. The number of halogens is 1. The predicted octanol–water partition coefficient (Wildman–Crippen LogP) is 1.13. The highest BCUT2D eigenvalue weighted by Crippen LogP contribution is 2.36. The molecule has 0 bridgehead atoms. The third kappa shape index (κ3) is 2.01. The van der Waals surface area contributed by atoms with E-state index in [0.717, 1.165) is 4.57 Å². The van der Waals surface area contributed by atoms with Gasteiger partial charge in [0.05, 0.1) is 6.10 Å². The van der Waals surface area contributed by atoms with Crippen LogP contribution in [0, 0.1) is 12.8 Å². The summed E-state index contributed by atoms with van der Waals surface area (Å²) in [6.07, 6.45) is -0.367. The second-order valence-electron chi connectivity index (χ2n) is 4.76. The predicted molar refractivity (Wildman–Crippen MR) is 64.3 cm³/mol. The molecular formula is C12H17FN2O3. The molecule has 1 aliphatic heterocycles. The number of H-pyrrole nitrogens is 1. The quantitative estimate of drug-likeness (QED) is 0.862. The van der Waals surface area contributed by atoms with Gasteiger partial charge in [0.15, 0.2) is 12.4 Å². The maximum Gasteiger partial charge on any atom is 0.330 e. The summed E-state index contributed by atoms with van der Waals surface area (Å²) in [5.74, 6) is -0.265. The number of aromatic nitrogens is 2. The Bertz CT molecular complexity index is 551. The monoisotopic (exact) mass is 256 g/mol. The first-order chi connectivity index (χ1) is 8.45. The minimum absolute atomic E-state index is 0.205. The van der Waals surface area contributed by atoms with Gasteiger partial charge in [-0.3, -0.25) is 14.3 Å². The number of hydrogen-bond donors (Lipinski definition) is 1. The fraction of sp³-hybridized carbons (Fsp3) is 0.667. The number of aromatic amines is 1. The Morgan fingerprint density at radius 3 is 2.72 bits per heavy atom. The Hall–Kier alpha value is -1.43. The van der Waals surface area contributed by atoms with Gasteiger partial charge >= 0.3 is 5.69 Å². The molecule has 6 heteroatoms. The molecule has 5 nitrogen and oxygen atoms in total. The zero-order valence-corrected chi connectivity index (χ0v) is 10.6. The van der Waals surface area contributed by atoms with Crippen LogP contribution in [0.5, 0.6) is 0 Å². The van der Waals surface area contributed by atoms with E-state index < -0.39 is 23.6 Å². The Labute approximate surface area is 104 Å². The van der Waals surface area contributed by atoms with E-state index in [0.29, 0.717) is 12.0 Å². The largest absolute Gasteiger partial charge is 0.351 e. The molecule has 1 N–H and O–H groups in total. The summed E-state index contributed by atoms with van der Waals surface area (Å²) in [4.78, 5) is 25.1. The van der Waals surface area contributed by atoms with Crippen LogP contribution in [0.25, 0.3) is 0 Å². The van der Waals surface area contributed by atoms with Crippen molar-refractivity contribution in [3.63, 3.8) is 0 Å². The molecule has 0 aliphatic carbocycles. The highest BCUT2D eigenvalue weighted by atomic mass is 19.1. The summed E-state index contributed by atoms with van der Waals surface area (Å²) in [5.41, 5.74) is -0.732. The van der Waals surface area contributed by atoms with Gasteiger partial charge in [0.2, 0.25) is 0 Å². The average Bonchev–Trinajstić information content (AvgIpc) is 2.61. The fourth-order valence-electron chi connectivity index (χ4n) is 2.30. The molecule has 2 heterocycles. The molecular weight excluding hydrogens is 239 g/mol. The van der Waals surface area contributed by atoms with Crippen LogP contribution in [0.1, 0.15) is 32.1 Å². The lowest BCUT2D eigenvalue weighted by Gasteiger charge is -2.16. The molecule has 0 unspecified atom stereocenters. The maximum absolute atomic E-state index is 14.1. The molecule has 2 rings (SSSR count). The van der Waals surface area contributed by atoms with Crippen LogP contribution < -0.4 is 11.2 Å². The smallest absolute Gasteiger partial charge is 0.330 e. The van der Waals surface area contributed by atoms with E-state index in [1.54, 1.807) is 13.8 Å². The van der Waals surface area contributed by atoms with Crippen molar-refractivity contribution in [3.8, 4) is 0 Å². The molecule has 1 aromatic rings. The average molecular weight is 256 g/mol. The Morgan fingerprint density at radius 1 is 1.50 bits per heavy atom. The van der Waals surface area contributed by atoms with Gasteiger partial charge in [-0.1, -0.05) is 13.8 Å². The first-order valence-electron chi connectivity index (χ1n) is 6.07. The standard InChI is InChI=1S/C12H17FN2O3/c1-4-8-7(3)9(13)11(18-8)15-5-6(2)10(16)14-12(15)17/h5,7-9,11H,4H2,1-3H3,(H,14,16,17)/t7-,8-,9+,11-/m1/s1. The fourth-order valence-corrected chi connectivity index (χ4v) is 2.30. The SMILES string of the molecule is CC[C@H]1O[C@@H](n2cc(C)c(=O)[nH]c2=O)[C@@H](F)[C@@H]1C. The number of rotatable bonds is 2. The molecule has 0 aromatic carbocycles. The molecule has 0 radical (unpaired) electrons. The first-order valence-corrected chi connectivity index (χ1v) is 6.07. The van der Waals surface area contributed by atoms with Crippen LogP contribution in [0.2, 0.25) is 0 Å². The van der Waals surface area contributed by atoms with Crippen LogP contribution in [-0.2, 0) is 4.74 Å². The molecule has 1 aromatic heterocycles. The van der Waals surface area contributed by atoms with Gasteiger partial charge in [-0.25, -0.2) is 9.18 Å². The molecule has 100 valence electrons. The van der Waals surface area contributed by atoms with Gasteiger partial charge in [-0.15, -0.1) is 0 Å². The van der Waals surface area contributed by atoms with Crippen molar-refractivity contribution >= 4 is 0 Å². The van der Waals surface area contributed by atoms with Crippen molar-refractivity contribution in [2.75, 3.05) is 0 Å². The van der Waals surface area contributed by atoms with Gasteiger partial charge in [-0.05, 0) is 13.3 Å². The molecule has 18 heavy (non-hydrogen) atoms. The summed E-state index contributed by atoms with van der Waals surface area (Å²) in [6.45, 7) is 5.25. The van der Waals surface area contributed by atoms with E-state index in [2.05, 4.69) is 4.98 Å². The van der Waals surface area contributed by atoms with Crippen LogP contribution in [0.15, 0.2) is 15.8 Å². The summed E-state index contributed by atoms with van der Waals surface area (Å²) >= 11 is 0. The van der Waals surface area contributed by atoms with Crippen LogP contribution in [0.3, 0.4) is 0 Å². The second kappa shape index (κ2) is 4.68. The van der Waals surface area contributed by atoms with Crippen molar-refractivity contribution in [3.05, 3.63) is 32.6 Å². The molecule has 1 aliphatic rings. The van der Waals surface area contributed by atoms with Crippen LogP contribution >= 0.6 is 0 Å². The maximum atomic E-state index is 14.1. The van der Waals surface area contributed by atoms with Crippen molar-refractivity contribution < 1.29 is 9.13 Å². The second-order valence-corrected chi connectivity index (χ2v) is 4.76. The minimum atomic E-state index is -1.25. The van der Waals surface area contributed by atoms with Gasteiger partial charge in [0.25, 0.3) is 5.56 Å². The summed E-state index contributed by atoms with van der Waals surface area (Å²) < 4.78 is 20.8. The zero-order chi connectivity index (χ0) is 13.4. The van der Waals surface area contributed by atoms with E-state index in [9.17, 15) is 14.0 Å². The Balaban J connectivity index is 2.42. The Kier molecular flexibility index (Phi) is 3.38. The van der Waals surface area contributed by atoms with E-state index in [4.69, 9.17) is 4.74 Å². The van der Waals surface area contributed by atoms with Gasteiger partial charge < -0.3 is 4.74 Å². The number of ether oxygens (including phenoxy) is 1. The highest BCUT2D eigenvalue weighted by molar-refractivity contribution is 5.02. The number of alkyl halides is 1. The molecule has 0 spiro atoms. The van der Waals surface area contributed by atoms with Crippen LogP contribution in [0.4, 0.5) is 4.39 Å². The molecule has 0 amide bonds. The van der Waals surface area contributed by atoms with Crippen LogP contribution in [-0.4, -0.2) is 21.8 Å².